The second-order valence-corrected chi connectivity index (χ2v) is 4.59. The molecule has 0 aliphatic heterocycles. The van der Waals surface area contributed by atoms with E-state index in [-0.39, 0.29) is 0 Å². The Bertz CT molecular complexity index is 753. The van der Waals surface area contributed by atoms with Gasteiger partial charge in [0.15, 0.2) is 5.65 Å². The quantitative estimate of drug-likeness (QED) is 0.752. The molecule has 0 aliphatic carbocycles. The SMILES string of the molecule is CCNc1nc(Oc2cccc(CC)c2)c2[nH]cnc2n1. The van der Waals surface area contributed by atoms with Crippen LogP contribution < -0.4 is 10.1 Å². The molecule has 0 radical (unpaired) electrons. The second kappa shape index (κ2) is 5.78. The standard InChI is InChI=1S/C15H17N5O/c1-3-10-6-5-7-11(8-10)21-14-12-13(18-9-17-12)19-15(20-14)16-4-2/h5-9H,3-4H2,1-2H3,(H2,16,17,18,19,20). The molecular weight excluding hydrogens is 266 g/mol. The van der Waals surface area contributed by atoms with Crippen molar-refractivity contribution in [3.8, 4) is 11.6 Å². The van der Waals surface area contributed by atoms with Gasteiger partial charge in [-0.15, -0.1) is 0 Å². The molecule has 0 aliphatic rings. The number of fused-ring (bicyclic) bond motifs is 1. The fourth-order valence-electron chi connectivity index (χ4n) is 2.06. The first-order valence-corrected chi connectivity index (χ1v) is 7.02. The minimum Gasteiger partial charge on any atom is -0.437 e. The highest BCUT2D eigenvalue weighted by Gasteiger charge is 2.12. The number of hydrogen-bond donors (Lipinski definition) is 2. The third-order valence-electron chi connectivity index (χ3n) is 3.11. The number of anilines is 1. The molecule has 108 valence electrons. The van der Waals surface area contributed by atoms with Gasteiger partial charge in [-0.3, -0.25) is 0 Å². The van der Waals surface area contributed by atoms with Crippen LogP contribution in [0.2, 0.25) is 0 Å². The Morgan fingerprint density at radius 3 is 2.95 bits per heavy atom. The van der Waals surface area contributed by atoms with E-state index in [0.29, 0.717) is 23.0 Å². The summed E-state index contributed by atoms with van der Waals surface area (Å²) >= 11 is 0. The Hall–Kier alpha value is -2.63. The molecule has 21 heavy (non-hydrogen) atoms. The highest BCUT2D eigenvalue weighted by molar-refractivity contribution is 5.77. The summed E-state index contributed by atoms with van der Waals surface area (Å²) in [6.07, 6.45) is 2.55. The van der Waals surface area contributed by atoms with Crippen LogP contribution in [0, 0.1) is 0 Å². The van der Waals surface area contributed by atoms with Gasteiger partial charge in [-0.25, -0.2) is 4.98 Å². The van der Waals surface area contributed by atoms with Crippen LogP contribution in [0.1, 0.15) is 19.4 Å². The molecule has 1 aromatic carbocycles. The van der Waals surface area contributed by atoms with Crippen molar-refractivity contribution in [3.05, 3.63) is 36.2 Å². The molecule has 6 heteroatoms. The number of H-pyrrole nitrogens is 1. The summed E-state index contributed by atoms with van der Waals surface area (Å²) < 4.78 is 5.92. The molecular formula is C15H17N5O. The monoisotopic (exact) mass is 283 g/mol. The maximum atomic E-state index is 5.92. The zero-order valence-corrected chi connectivity index (χ0v) is 12.1. The summed E-state index contributed by atoms with van der Waals surface area (Å²) in [5.41, 5.74) is 2.50. The number of benzene rings is 1. The van der Waals surface area contributed by atoms with E-state index in [4.69, 9.17) is 4.74 Å². The van der Waals surface area contributed by atoms with Crippen molar-refractivity contribution in [3.63, 3.8) is 0 Å². The van der Waals surface area contributed by atoms with E-state index < -0.39 is 0 Å². The van der Waals surface area contributed by atoms with Gasteiger partial charge in [0.25, 0.3) is 5.88 Å². The average molecular weight is 283 g/mol. The van der Waals surface area contributed by atoms with E-state index >= 15 is 0 Å². The van der Waals surface area contributed by atoms with Crippen molar-refractivity contribution in [2.45, 2.75) is 20.3 Å². The number of ether oxygens (including phenoxy) is 1. The second-order valence-electron chi connectivity index (χ2n) is 4.59. The molecule has 0 spiro atoms. The van der Waals surface area contributed by atoms with Gasteiger partial charge >= 0.3 is 0 Å². The Labute approximate surface area is 122 Å². The number of rotatable bonds is 5. The van der Waals surface area contributed by atoms with Crippen molar-refractivity contribution < 1.29 is 4.74 Å². The highest BCUT2D eigenvalue weighted by Crippen LogP contribution is 2.27. The zero-order valence-electron chi connectivity index (χ0n) is 12.1. The van der Waals surface area contributed by atoms with Crippen molar-refractivity contribution in [1.29, 1.82) is 0 Å². The van der Waals surface area contributed by atoms with Gasteiger partial charge < -0.3 is 15.0 Å². The lowest BCUT2D eigenvalue weighted by Gasteiger charge is -2.08. The topological polar surface area (TPSA) is 75.7 Å². The lowest BCUT2D eigenvalue weighted by atomic mass is 10.2. The van der Waals surface area contributed by atoms with Gasteiger partial charge in [-0.1, -0.05) is 19.1 Å². The number of aromatic nitrogens is 4. The molecule has 0 bridgehead atoms. The van der Waals surface area contributed by atoms with E-state index in [9.17, 15) is 0 Å². The van der Waals surface area contributed by atoms with Gasteiger partial charge in [0.1, 0.15) is 11.3 Å². The number of hydrogen-bond acceptors (Lipinski definition) is 5. The lowest BCUT2D eigenvalue weighted by molar-refractivity contribution is 0.467. The van der Waals surface area contributed by atoms with E-state index in [0.717, 1.165) is 18.7 Å². The molecule has 3 rings (SSSR count). The van der Waals surface area contributed by atoms with Crippen LogP contribution in [0.25, 0.3) is 11.2 Å². The molecule has 0 amide bonds. The highest BCUT2D eigenvalue weighted by atomic mass is 16.5. The van der Waals surface area contributed by atoms with Crippen LogP contribution in [-0.2, 0) is 6.42 Å². The van der Waals surface area contributed by atoms with E-state index in [1.54, 1.807) is 6.33 Å². The smallest absolute Gasteiger partial charge is 0.250 e. The fraction of sp³-hybridized carbons (Fsp3) is 0.267. The maximum Gasteiger partial charge on any atom is 0.250 e. The van der Waals surface area contributed by atoms with Crippen molar-refractivity contribution >= 4 is 17.1 Å². The first-order chi connectivity index (χ1) is 10.3. The predicted octanol–water partition coefficient (Wildman–Crippen LogP) is 3.14. The van der Waals surface area contributed by atoms with Crippen LogP contribution in [0.5, 0.6) is 11.6 Å². The molecule has 0 saturated heterocycles. The van der Waals surface area contributed by atoms with Gasteiger partial charge in [-0.2, -0.15) is 9.97 Å². The molecule has 0 saturated carbocycles. The maximum absolute atomic E-state index is 5.92. The summed E-state index contributed by atoms with van der Waals surface area (Å²) in [5.74, 6) is 1.74. The third kappa shape index (κ3) is 2.79. The van der Waals surface area contributed by atoms with Gasteiger partial charge in [0.05, 0.1) is 6.33 Å². The fourth-order valence-corrected chi connectivity index (χ4v) is 2.06. The first-order valence-electron chi connectivity index (χ1n) is 7.02. The van der Waals surface area contributed by atoms with E-state index in [1.807, 2.05) is 25.1 Å². The largest absolute Gasteiger partial charge is 0.437 e. The Balaban J connectivity index is 1.99. The summed E-state index contributed by atoms with van der Waals surface area (Å²) in [6.45, 7) is 4.84. The van der Waals surface area contributed by atoms with Crippen LogP contribution in [0.4, 0.5) is 5.95 Å². The van der Waals surface area contributed by atoms with E-state index in [1.165, 1.54) is 5.56 Å². The van der Waals surface area contributed by atoms with Crippen LogP contribution in [0.15, 0.2) is 30.6 Å². The minimum atomic E-state index is 0.474. The van der Waals surface area contributed by atoms with Crippen molar-refractivity contribution in [2.24, 2.45) is 0 Å². The van der Waals surface area contributed by atoms with Gasteiger partial charge in [-0.05, 0) is 31.0 Å². The number of imidazole rings is 1. The van der Waals surface area contributed by atoms with Crippen molar-refractivity contribution in [1.82, 2.24) is 19.9 Å². The lowest BCUT2D eigenvalue weighted by Crippen LogP contribution is -2.03. The molecule has 2 aromatic heterocycles. The van der Waals surface area contributed by atoms with E-state index in [2.05, 4.69) is 38.2 Å². The molecule has 0 atom stereocenters. The van der Waals surface area contributed by atoms with Crippen LogP contribution in [-0.4, -0.2) is 26.5 Å². The first kappa shape index (κ1) is 13.4. The minimum absolute atomic E-state index is 0.474. The van der Waals surface area contributed by atoms with Crippen LogP contribution >= 0.6 is 0 Å². The molecule has 2 N–H and O–H groups in total. The molecule has 0 unspecified atom stereocenters. The normalized spacial score (nSPS) is 10.8. The zero-order chi connectivity index (χ0) is 14.7. The number of aryl methyl sites for hydroxylation is 1. The van der Waals surface area contributed by atoms with Gasteiger partial charge in [0, 0.05) is 6.54 Å². The van der Waals surface area contributed by atoms with Crippen LogP contribution in [0.3, 0.4) is 0 Å². The number of aromatic amines is 1. The molecule has 2 heterocycles. The number of nitrogens with one attached hydrogen (secondary N) is 2. The van der Waals surface area contributed by atoms with Gasteiger partial charge in [0.2, 0.25) is 5.95 Å². The summed E-state index contributed by atoms with van der Waals surface area (Å²) in [4.78, 5) is 15.9. The number of nitrogens with zero attached hydrogens (tertiary/aromatic N) is 3. The molecule has 3 aromatic rings. The molecule has 0 fully saturated rings. The van der Waals surface area contributed by atoms with Crippen molar-refractivity contribution in [2.75, 3.05) is 11.9 Å². The third-order valence-corrected chi connectivity index (χ3v) is 3.11. The molecule has 6 nitrogen and oxygen atoms in total. The Morgan fingerprint density at radius 1 is 1.24 bits per heavy atom. The average Bonchev–Trinajstić information content (AvgIpc) is 2.96. The summed E-state index contributed by atoms with van der Waals surface area (Å²) in [7, 11) is 0. The Morgan fingerprint density at radius 2 is 2.14 bits per heavy atom. The summed E-state index contributed by atoms with van der Waals surface area (Å²) in [6, 6.07) is 7.97. The summed E-state index contributed by atoms with van der Waals surface area (Å²) in [5, 5.41) is 3.08. The Kier molecular flexibility index (Phi) is 3.68. The predicted molar refractivity (Wildman–Crippen MR) is 81.7 cm³/mol.